The molecule has 0 saturated carbocycles. The largest absolute Gasteiger partial charge is 0.367 e. The lowest BCUT2D eigenvalue weighted by molar-refractivity contribution is -0.0605. The molecule has 0 bridgehead atoms. The van der Waals surface area contributed by atoms with E-state index in [1.807, 2.05) is 30.5 Å². The standard InChI is InChI=1S/C24H33FN4OS.HI/c1-18-15-29(17-23(30-18)20-5-7-21(25)8-6-20)24(26-2)27-14-19-9-11-28(12-10-19)16-22-4-3-13-31-22;/h3-8,13,18-19,23H,9-12,14-17H2,1-2H3,(H,26,27);1H. The molecule has 2 fully saturated rings. The minimum atomic E-state index is -0.219. The molecule has 2 aliphatic rings. The molecule has 0 amide bonds. The summed E-state index contributed by atoms with van der Waals surface area (Å²) in [4.78, 5) is 10.8. The Morgan fingerprint density at radius 2 is 1.94 bits per heavy atom. The van der Waals surface area contributed by atoms with Crippen LogP contribution < -0.4 is 5.32 Å². The van der Waals surface area contributed by atoms with Crippen molar-refractivity contribution in [2.75, 3.05) is 39.8 Å². The lowest BCUT2D eigenvalue weighted by Crippen LogP contribution is -2.51. The number of rotatable bonds is 5. The first kappa shape index (κ1) is 25.4. The molecule has 1 aromatic carbocycles. The van der Waals surface area contributed by atoms with Gasteiger partial charge in [0.05, 0.1) is 12.6 Å². The van der Waals surface area contributed by atoms with Gasteiger partial charge < -0.3 is 15.0 Å². The van der Waals surface area contributed by atoms with Crippen molar-refractivity contribution in [3.63, 3.8) is 0 Å². The average molecular weight is 573 g/mol. The fourth-order valence-corrected chi connectivity index (χ4v) is 5.27. The Labute approximate surface area is 212 Å². The van der Waals surface area contributed by atoms with Crippen LogP contribution >= 0.6 is 35.3 Å². The van der Waals surface area contributed by atoms with E-state index in [9.17, 15) is 4.39 Å². The molecule has 2 unspecified atom stereocenters. The first-order valence-electron chi connectivity index (χ1n) is 11.2. The Morgan fingerprint density at radius 1 is 1.19 bits per heavy atom. The van der Waals surface area contributed by atoms with Crippen LogP contribution in [-0.2, 0) is 11.3 Å². The van der Waals surface area contributed by atoms with Gasteiger partial charge in [-0.05, 0) is 67.9 Å². The Bertz CT molecular complexity index is 840. The van der Waals surface area contributed by atoms with Crippen LogP contribution in [0.2, 0.25) is 0 Å². The van der Waals surface area contributed by atoms with Gasteiger partial charge in [0.2, 0.25) is 0 Å². The average Bonchev–Trinajstić information content (AvgIpc) is 3.28. The number of nitrogens with zero attached hydrogens (tertiary/aromatic N) is 3. The van der Waals surface area contributed by atoms with Crippen LogP contribution in [0.5, 0.6) is 0 Å². The first-order chi connectivity index (χ1) is 15.1. The van der Waals surface area contributed by atoms with Crippen LogP contribution in [0.1, 0.15) is 36.3 Å². The number of aliphatic imine (C=N–C) groups is 1. The monoisotopic (exact) mass is 572 g/mol. The van der Waals surface area contributed by atoms with Gasteiger partial charge in [0, 0.05) is 31.6 Å². The van der Waals surface area contributed by atoms with Crippen LogP contribution in [-0.4, -0.2) is 61.6 Å². The van der Waals surface area contributed by atoms with Crippen LogP contribution in [0.15, 0.2) is 46.8 Å². The van der Waals surface area contributed by atoms with E-state index >= 15 is 0 Å². The Balaban J connectivity index is 0.00000289. The predicted molar refractivity (Wildman–Crippen MR) is 140 cm³/mol. The van der Waals surface area contributed by atoms with Crippen molar-refractivity contribution in [3.05, 3.63) is 58.0 Å². The van der Waals surface area contributed by atoms with Gasteiger partial charge >= 0.3 is 0 Å². The van der Waals surface area contributed by atoms with E-state index in [2.05, 4.69) is 44.5 Å². The second-order valence-electron chi connectivity index (χ2n) is 8.62. The first-order valence-corrected chi connectivity index (χ1v) is 12.1. The highest BCUT2D eigenvalue weighted by molar-refractivity contribution is 14.0. The van der Waals surface area contributed by atoms with E-state index in [1.165, 1.54) is 29.9 Å². The van der Waals surface area contributed by atoms with Gasteiger partial charge in [0.25, 0.3) is 0 Å². The summed E-state index contributed by atoms with van der Waals surface area (Å²) in [5, 5.41) is 5.77. The van der Waals surface area contributed by atoms with E-state index in [0.717, 1.165) is 50.8 Å². The van der Waals surface area contributed by atoms with Crippen molar-refractivity contribution in [1.29, 1.82) is 0 Å². The molecule has 2 aromatic rings. The summed E-state index contributed by atoms with van der Waals surface area (Å²) >= 11 is 1.85. The summed E-state index contributed by atoms with van der Waals surface area (Å²) in [5.41, 5.74) is 1.01. The van der Waals surface area contributed by atoms with Crippen molar-refractivity contribution in [2.45, 2.75) is 38.5 Å². The van der Waals surface area contributed by atoms with Crippen molar-refractivity contribution in [3.8, 4) is 0 Å². The maximum Gasteiger partial charge on any atom is 0.193 e. The van der Waals surface area contributed by atoms with Gasteiger partial charge in [-0.2, -0.15) is 0 Å². The van der Waals surface area contributed by atoms with Gasteiger partial charge in [0.15, 0.2) is 5.96 Å². The van der Waals surface area contributed by atoms with E-state index in [4.69, 9.17) is 4.74 Å². The maximum atomic E-state index is 13.3. The smallest absolute Gasteiger partial charge is 0.193 e. The number of guanidine groups is 1. The van der Waals surface area contributed by atoms with Crippen molar-refractivity contribution in [2.24, 2.45) is 10.9 Å². The zero-order valence-corrected chi connectivity index (χ0v) is 22.0. The van der Waals surface area contributed by atoms with E-state index in [-0.39, 0.29) is 42.0 Å². The molecule has 3 heterocycles. The Kier molecular flexibility index (Phi) is 9.76. The number of nitrogens with one attached hydrogen (secondary N) is 1. The maximum absolute atomic E-state index is 13.3. The van der Waals surface area contributed by atoms with Gasteiger partial charge in [-0.25, -0.2) is 4.39 Å². The molecular formula is C24H34FIN4OS. The predicted octanol–water partition coefficient (Wildman–Crippen LogP) is 4.75. The van der Waals surface area contributed by atoms with E-state index in [1.54, 1.807) is 0 Å². The van der Waals surface area contributed by atoms with Gasteiger partial charge in [-0.1, -0.05) is 18.2 Å². The van der Waals surface area contributed by atoms with E-state index < -0.39 is 0 Å². The van der Waals surface area contributed by atoms with Crippen LogP contribution in [0.25, 0.3) is 0 Å². The summed E-state index contributed by atoms with van der Waals surface area (Å²) in [6.45, 7) is 7.95. The molecule has 32 heavy (non-hydrogen) atoms. The van der Waals surface area contributed by atoms with Crippen LogP contribution in [0.4, 0.5) is 4.39 Å². The molecular weight excluding hydrogens is 538 g/mol. The second kappa shape index (κ2) is 12.3. The van der Waals surface area contributed by atoms with E-state index in [0.29, 0.717) is 5.92 Å². The number of halogens is 2. The van der Waals surface area contributed by atoms with Crippen LogP contribution in [0, 0.1) is 11.7 Å². The fourth-order valence-electron chi connectivity index (χ4n) is 4.53. The number of morpholine rings is 1. The molecule has 2 atom stereocenters. The Morgan fingerprint density at radius 3 is 2.59 bits per heavy atom. The van der Waals surface area contributed by atoms with Crippen molar-refractivity contribution >= 4 is 41.3 Å². The zero-order valence-electron chi connectivity index (χ0n) is 18.9. The lowest BCUT2D eigenvalue weighted by atomic mass is 9.97. The number of benzene rings is 1. The minimum Gasteiger partial charge on any atom is -0.367 e. The molecule has 1 N–H and O–H groups in total. The number of likely N-dealkylation sites (tertiary alicyclic amines) is 1. The molecule has 0 aliphatic carbocycles. The SMILES string of the molecule is CN=C(NCC1CCN(Cc2cccs2)CC1)N1CC(C)OC(c2ccc(F)cc2)C1.I. The normalized spacial score (nSPS) is 23.1. The lowest BCUT2D eigenvalue weighted by Gasteiger charge is -2.39. The molecule has 1 aromatic heterocycles. The highest BCUT2D eigenvalue weighted by Crippen LogP contribution is 2.26. The fraction of sp³-hybridized carbons (Fsp3) is 0.542. The number of hydrogen-bond acceptors (Lipinski definition) is 4. The molecule has 5 nitrogen and oxygen atoms in total. The molecule has 0 radical (unpaired) electrons. The molecule has 176 valence electrons. The molecule has 0 spiro atoms. The highest BCUT2D eigenvalue weighted by atomic mass is 127. The number of piperidine rings is 1. The van der Waals surface area contributed by atoms with Crippen LogP contribution in [0.3, 0.4) is 0 Å². The van der Waals surface area contributed by atoms with Gasteiger partial charge in [0.1, 0.15) is 11.9 Å². The summed E-state index contributed by atoms with van der Waals surface area (Å²) in [6, 6.07) is 11.0. The molecule has 8 heteroatoms. The highest BCUT2D eigenvalue weighted by Gasteiger charge is 2.29. The third kappa shape index (κ3) is 6.88. The summed E-state index contributed by atoms with van der Waals surface area (Å²) in [7, 11) is 1.85. The van der Waals surface area contributed by atoms with Crippen molar-refractivity contribution in [1.82, 2.24) is 15.1 Å². The number of thiophene rings is 1. The number of hydrogen-bond donors (Lipinski definition) is 1. The van der Waals surface area contributed by atoms with Gasteiger partial charge in [-0.15, -0.1) is 35.3 Å². The molecule has 2 saturated heterocycles. The van der Waals surface area contributed by atoms with Crippen molar-refractivity contribution < 1.29 is 9.13 Å². The topological polar surface area (TPSA) is 40.1 Å². The minimum absolute atomic E-state index is 0. The summed E-state index contributed by atoms with van der Waals surface area (Å²) in [6.07, 6.45) is 2.44. The third-order valence-electron chi connectivity index (χ3n) is 6.23. The van der Waals surface area contributed by atoms with Gasteiger partial charge in [-0.3, -0.25) is 9.89 Å². The second-order valence-corrected chi connectivity index (χ2v) is 9.65. The third-order valence-corrected chi connectivity index (χ3v) is 7.09. The number of ether oxygens (including phenoxy) is 1. The Hall–Kier alpha value is -1.23. The summed E-state index contributed by atoms with van der Waals surface area (Å²) in [5.74, 6) is 1.38. The quantitative estimate of drug-likeness (QED) is 0.319. The zero-order chi connectivity index (χ0) is 21.6. The molecule has 2 aliphatic heterocycles. The molecule has 4 rings (SSSR count). The summed E-state index contributed by atoms with van der Waals surface area (Å²) < 4.78 is 19.4.